The first-order valence-electron chi connectivity index (χ1n) is 5.69. The summed E-state index contributed by atoms with van der Waals surface area (Å²) in [5.41, 5.74) is 0.256. The Balaban J connectivity index is 2.56. The van der Waals surface area contributed by atoms with Gasteiger partial charge in [-0.3, -0.25) is 4.79 Å². The van der Waals surface area contributed by atoms with Gasteiger partial charge in [0.25, 0.3) is 0 Å². The Hall–Kier alpha value is -0.180. The summed E-state index contributed by atoms with van der Waals surface area (Å²) >= 11 is 1.64. The van der Waals surface area contributed by atoms with E-state index in [9.17, 15) is 9.90 Å². The van der Waals surface area contributed by atoms with E-state index in [1.54, 1.807) is 11.8 Å². The normalized spacial score (nSPS) is 31.1. The zero-order valence-corrected chi connectivity index (χ0v) is 11.0. The van der Waals surface area contributed by atoms with Crippen molar-refractivity contribution >= 4 is 17.7 Å². The van der Waals surface area contributed by atoms with Crippen LogP contribution in [0.1, 0.15) is 47.0 Å². The maximum Gasteiger partial charge on any atom is 0.319 e. The van der Waals surface area contributed by atoms with Crippen LogP contribution in [0.4, 0.5) is 0 Å². The molecule has 0 atom stereocenters. The first-order valence-corrected chi connectivity index (χ1v) is 6.68. The monoisotopic (exact) mass is 230 g/mol. The Kier molecular flexibility index (Phi) is 3.75. The van der Waals surface area contributed by atoms with E-state index >= 15 is 0 Å². The van der Waals surface area contributed by atoms with Gasteiger partial charge < -0.3 is 5.11 Å². The van der Waals surface area contributed by atoms with E-state index in [1.165, 1.54) is 0 Å². The molecule has 1 aliphatic rings. The van der Waals surface area contributed by atoms with Crippen LogP contribution in [0.2, 0.25) is 0 Å². The minimum Gasteiger partial charge on any atom is -0.480 e. The molecule has 0 spiro atoms. The SMILES string of the molecule is CCCSC1(C(=O)O)CC(C(C)(C)C)C1. The minimum absolute atomic E-state index is 0.256. The van der Waals surface area contributed by atoms with Gasteiger partial charge in [-0.15, -0.1) is 11.8 Å². The highest BCUT2D eigenvalue weighted by Gasteiger charge is 2.53. The lowest BCUT2D eigenvalue weighted by molar-refractivity contribution is -0.145. The summed E-state index contributed by atoms with van der Waals surface area (Å²) in [6.07, 6.45) is 2.74. The van der Waals surface area contributed by atoms with Crippen molar-refractivity contribution in [3.63, 3.8) is 0 Å². The minimum atomic E-state index is -0.610. The van der Waals surface area contributed by atoms with Gasteiger partial charge in [-0.1, -0.05) is 27.7 Å². The predicted molar refractivity (Wildman–Crippen MR) is 65.3 cm³/mol. The van der Waals surface area contributed by atoms with E-state index in [-0.39, 0.29) is 5.41 Å². The fourth-order valence-corrected chi connectivity index (χ4v) is 3.36. The highest BCUT2D eigenvalue weighted by Crippen LogP contribution is 2.54. The number of hydrogen-bond donors (Lipinski definition) is 1. The second-order valence-electron chi connectivity index (χ2n) is 5.62. The molecule has 0 aromatic rings. The molecule has 1 fully saturated rings. The largest absolute Gasteiger partial charge is 0.480 e. The highest BCUT2D eigenvalue weighted by atomic mass is 32.2. The average molecular weight is 230 g/mol. The highest BCUT2D eigenvalue weighted by molar-refractivity contribution is 8.01. The lowest BCUT2D eigenvalue weighted by atomic mass is 9.62. The van der Waals surface area contributed by atoms with Gasteiger partial charge in [0.05, 0.1) is 0 Å². The van der Waals surface area contributed by atoms with Gasteiger partial charge in [0.2, 0.25) is 0 Å². The number of carboxylic acids is 1. The predicted octanol–water partition coefficient (Wildman–Crippen LogP) is 3.41. The summed E-state index contributed by atoms with van der Waals surface area (Å²) in [5, 5.41) is 9.27. The standard InChI is InChI=1S/C12H22O2S/c1-5-6-15-12(10(13)14)7-9(8-12)11(2,3)4/h9H,5-8H2,1-4H3,(H,13,14). The fraction of sp³-hybridized carbons (Fsp3) is 0.917. The van der Waals surface area contributed by atoms with E-state index in [0.29, 0.717) is 5.92 Å². The molecular weight excluding hydrogens is 208 g/mol. The second kappa shape index (κ2) is 4.36. The molecule has 0 radical (unpaired) electrons. The Bertz CT molecular complexity index is 236. The van der Waals surface area contributed by atoms with Gasteiger partial charge in [0.1, 0.15) is 4.75 Å². The molecule has 0 saturated heterocycles. The van der Waals surface area contributed by atoms with Crippen LogP contribution in [0.15, 0.2) is 0 Å². The molecule has 0 amide bonds. The van der Waals surface area contributed by atoms with E-state index in [0.717, 1.165) is 25.0 Å². The molecule has 1 aliphatic carbocycles. The van der Waals surface area contributed by atoms with Crippen LogP contribution < -0.4 is 0 Å². The third-order valence-corrected chi connectivity index (χ3v) is 5.02. The first kappa shape index (κ1) is 12.9. The number of carbonyl (C=O) groups is 1. The molecule has 0 aromatic carbocycles. The van der Waals surface area contributed by atoms with Crippen molar-refractivity contribution in [3.8, 4) is 0 Å². The third-order valence-electron chi connectivity index (χ3n) is 3.35. The average Bonchev–Trinajstić information content (AvgIpc) is 1.99. The topological polar surface area (TPSA) is 37.3 Å². The van der Waals surface area contributed by atoms with Gasteiger partial charge in [-0.05, 0) is 36.3 Å². The maximum absolute atomic E-state index is 11.3. The number of rotatable bonds is 4. The third kappa shape index (κ3) is 2.68. The molecular formula is C12H22O2S. The zero-order valence-electron chi connectivity index (χ0n) is 10.2. The summed E-state index contributed by atoms with van der Waals surface area (Å²) < 4.78 is -0.464. The van der Waals surface area contributed by atoms with Gasteiger partial charge in [-0.2, -0.15) is 0 Å². The van der Waals surface area contributed by atoms with Gasteiger partial charge in [-0.25, -0.2) is 0 Å². The second-order valence-corrected chi connectivity index (χ2v) is 7.10. The van der Waals surface area contributed by atoms with Crippen molar-refractivity contribution in [2.24, 2.45) is 11.3 Å². The van der Waals surface area contributed by atoms with E-state index < -0.39 is 10.7 Å². The van der Waals surface area contributed by atoms with Crippen LogP contribution >= 0.6 is 11.8 Å². The molecule has 1 rings (SSSR count). The quantitative estimate of drug-likeness (QED) is 0.804. The molecule has 3 heteroatoms. The van der Waals surface area contributed by atoms with Crippen molar-refractivity contribution in [2.45, 2.75) is 51.7 Å². The summed E-state index contributed by atoms with van der Waals surface area (Å²) in [6, 6.07) is 0. The summed E-state index contributed by atoms with van der Waals surface area (Å²) in [4.78, 5) is 11.3. The van der Waals surface area contributed by atoms with Gasteiger partial charge in [0, 0.05) is 0 Å². The molecule has 0 aromatic heterocycles. The van der Waals surface area contributed by atoms with Crippen LogP contribution in [-0.4, -0.2) is 21.6 Å². The Morgan fingerprint density at radius 1 is 1.47 bits per heavy atom. The lowest BCUT2D eigenvalue weighted by Crippen LogP contribution is -2.51. The number of hydrogen-bond acceptors (Lipinski definition) is 2. The van der Waals surface area contributed by atoms with E-state index in [4.69, 9.17) is 0 Å². The Labute approximate surface area is 96.8 Å². The van der Waals surface area contributed by atoms with Gasteiger partial charge in [0.15, 0.2) is 0 Å². The Morgan fingerprint density at radius 2 is 2.00 bits per heavy atom. The van der Waals surface area contributed by atoms with Crippen LogP contribution in [0.5, 0.6) is 0 Å². The number of thioether (sulfide) groups is 1. The molecule has 15 heavy (non-hydrogen) atoms. The fourth-order valence-electron chi connectivity index (χ4n) is 2.00. The molecule has 0 aliphatic heterocycles. The first-order chi connectivity index (χ1) is 6.82. The van der Waals surface area contributed by atoms with Crippen LogP contribution in [0, 0.1) is 11.3 Å². The van der Waals surface area contributed by atoms with Gasteiger partial charge >= 0.3 is 5.97 Å². The van der Waals surface area contributed by atoms with E-state index in [2.05, 4.69) is 27.7 Å². The number of aliphatic carboxylic acids is 1. The van der Waals surface area contributed by atoms with Crippen molar-refractivity contribution < 1.29 is 9.90 Å². The molecule has 0 unspecified atom stereocenters. The van der Waals surface area contributed by atoms with E-state index in [1.807, 2.05) is 0 Å². The zero-order chi connectivity index (χ0) is 11.7. The van der Waals surface area contributed by atoms with Crippen LogP contribution in [0.3, 0.4) is 0 Å². The molecule has 0 heterocycles. The molecule has 2 nitrogen and oxygen atoms in total. The summed E-state index contributed by atoms with van der Waals surface area (Å²) in [7, 11) is 0. The van der Waals surface area contributed by atoms with Crippen molar-refractivity contribution in [1.29, 1.82) is 0 Å². The van der Waals surface area contributed by atoms with Crippen molar-refractivity contribution in [1.82, 2.24) is 0 Å². The molecule has 88 valence electrons. The molecule has 1 saturated carbocycles. The molecule has 1 N–H and O–H groups in total. The summed E-state index contributed by atoms with van der Waals surface area (Å²) in [6.45, 7) is 8.71. The Morgan fingerprint density at radius 3 is 2.33 bits per heavy atom. The maximum atomic E-state index is 11.3. The van der Waals surface area contributed by atoms with Crippen molar-refractivity contribution in [3.05, 3.63) is 0 Å². The van der Waals surface area contributed by atoms with Crippen molar-refractivity contribution in [2.75, 3.05) is 5.75 Å². The van der Waals surface area contributed by atoms with Crippen LogP contribution in [0.25, 0.3) is 0 Å². The molecule has 0 bridgehead atoms. The van der Waals surface area contributed by atoms with Crippen LogP contribution in [-0.2, 0) is 4.79 Å². The number of carboxylic acid groups (broad SMARTS) is 1. The summed E-state index contributed by atoms with van der Waals surface area (Å²) in [5.74, 6) is 0.919. The smallest absolute Gasteiger partial charge is 0.319 e. The lowest BCUT2D eigenvalue weighted by Gasteiger charge is -2.49.